The number of methoxy groups -OCH3 is 1. The first-order chi connectivity index (χ1) is 15.4. The summed E-state index contributed by atoms with van der Waals surface area (Å²) < 4.78 is 19.4. The average Bonchev–Trinajstić information content (AvgIpc) is 2.80. The van der Waals surface area contributed by atoms with Crippen molar-refractivity contribution in [3.63, 3.8) is 0 Å². The molecule has 3 nitrogen and oxygen atoms in total. The van der Waals surface area contributed by atoms with Gasteiger partial charge in [0.25, 0.3) is 8.32 Å². The molecule has 1 heterocycles. The van der Waals surface area contributed by atoms with Gasteiger partial charge in [-0.05, 0) is 47.5 Å². The summed E-state index contributed by atoms with van der Waals surface area (Å²) in [6.45, 7) is 11.4. The standard InChI is InChI=1S/C28H40O3Si/c1-6-7-10-19-27-26(29-5)21-20-23(31-27)22-30-32(28(2,3)4,24-15-11-8-12-16-24)25-17-13-9-14-18-25/h6,8-9,11-18,23,26-27H,1,7,10,19-22H2,2-5H3/t23-,26+,27+/m0/s1. The Morgan fingerprint density at radius 2 is 1.59 bits per heavy atom. The first-order valence-electron chi connectivity index (χ1n) is 12.0. The molecule has 2 aromatic carbocycles. The molecule has 32 heavy (non-hydrogen) atoms. The Balaban J connectivity index is 1.85. The van der Waals surface area contributed by atoms with E-state index in [0.29, 0.717) is 6.61 Å². The van der Waals surface area contributed by atoms with E-state index >= 15 is 0 Å². The fourth-order valence-electron chi connectivity index (χ4n) is 5.03. The molecule has 1 saturated heterocycles. The molecule has 0 radical (unpaired) electrons. The quantitative estimate of drug-likeness (QED) is 0.271. The van der Waals surface area contributed by atoms with Crippen LogP contribution < -0.4 is 10.4 Å². The van der Waals surface area contributed by atoms with Crippen molar-refractivity contribution in [2.45, 2.75) is 76.2 Å². The molecule has 1 fully saturated rings. The van der Waals surface area contributed by atoms with Gasteiger partial charge in [-0.3, -0.25) is 0 Å². The lowest BCUT2D eigenvalue weighted by atomic mass is 9.97. The van der Waals surface area contributed by atoms with Crippen LogP contribution in [0.1, 0.15) is 52.9 Å². The van der Waals surface area contributed by atoms with Gasteiger partial charge < -0.3 is 13.9 Å². The van der Waals surface area contributed by atoms with Crippen molar-refractivity contribution in [2.24, 2.45) is 0 Å². The first-order valence-corrected chi connectivity index (χ1v) is 13.9. The van der Waals surface area contributed by atoms with Gasteiger partial charge in [0.05, 0.1) is 24.9 Å². The van der Waals surface area contributed by atoms with Crippen LogP contribution in [0.15, 0.2) is 73.3 Å². The summed E-state index contributed by atoms with van der Waals surface area (Å²) in [6.07, 6.45) is 7.45. The van der Waals surface area contributed by atoms with E-state index < -0.39 is 8.32 Å². The Hall–Kier alpha value is -1.72. The molecule has 174 valence electrons. The number of rotatable bonds is 10. The van der Waals surface area contributed by atoms with Crippen molar-refractivity contribution in [2.75, 3.05) is 13.7 Å². The zero-order valence-corrected chi connectivity index (χ0v) is 21.3. The molecular weight excluding hydrogens is 412 g/mol. The average molecular weight is 453 g/mol. The van der Waals surface area contributed by atoms with E-state index in [2.05, 4.69) is 88.0 Å². The van der Waals surface area contributed by atoms with Crippen LogP contribution in [0.5, 0.6) is 0 Å². The molecule has 1 aliphatic heterocycles. The molecule has 0 aromatic heterocycles. The zero-order chi connectivity index (χ0) is 23.0. The van der Waals surface area contributed by atoms with Crippen LogP contribution in [-0.2, 0) is 13.9 Å². The van der Waals surface area contributed by atoms with E-state index in [1.807, 2.05) is 6.08 Å². The minimum atomic E-state index is -2.54. The largest absolute Gasteiger partial charge is 0.405 e. The van der Waals surface area contributed by atoms with E-state index in [0.717, 1.165) is 32.1 Å². The Kier molecular flexibility index (Phi) is 8.89. The lowest BCUT2D eigenvalue weighted by molar-refractivity contribution is -0.141. The molecule has 0 saturated carbocycles. The molecule has 0 spiro atoms. The molecule has 0 N–H and O–H groups in total. The number of allylic oxidation sites excluding steroid dienone is 1. The van der Waals surface area contributed by atoms with Gasteiger partial charge in [0, 0.05) is 7.11 Å². The summed E-state index contributed by atoms with van der Waals surface area (Å²) in [5, 5.41) is 2.60. The number of unbranched alkanes of at least 4 members (excludes halogenated alkanes) is 1. The molecule has 0 amide bonds. The van der Waals surface area contributed by atoms with E-state index in [1.54, 1.807) is 7.11 Å². The zero-order valence-electron chi connectivity index (χ0n) is 20.3. The van der Waals surface area contributed by atoms with E-state index in [4.69, 9.17) is 13.9 Å². The second-order valence-electron chi connectivity index (χ2n) is 9.84. The Bertz CT molecular complexity index is 776. The van der Waals surface area contributed by atoms with Crippen LogP contribution in [0.4, 0.5) is 0 Å². The highest BCUT2D eigenvalue weighted by atomic mass is 28.4. The minimum Gasteiger partial charge on any atom is -0.405 e. The first kappa shape index (κ1) is 24.9. The fraction of sp³-hybridized carbons (Fsp3) is 0.500. The van der Waals surface area contributed by atoms with Crippen LogP contribution in [0.2, 0.25) is 5.04 Å². The summed E-state index contributed by atoms with van der Waals surface area (Å²) in [5.41, 5.74) is 0. The molecule has 3 rings (SSSR count). The van der Waals surface area contributed by atoms with Crippen molar-refractivity contribution in [3.05, 3.63) is 73.3 Å². The number of benzene rings is 2. The summed E-state index contributed by atoms with van der Waals surface area (Å²) in [7, 11) is -0.737. The predicted octanol–water partition coefficient (Wildman–Crippen LogP) is 5.48. The van der Waals surface area contributed by atoms with Crippen molar-refractivity contribution in [3.8, 4) is 0 Å². The number of hydrogen-bond acceptors (Lipinski definition) is 3. The second-order valence-corrected chi connectivity index (χ2v) is 14.1. The summed E-state index contributed by atoms with van der Waals surface area (Å²) in [4.78, 5) is 0. The topological polar surface area (TPSA) is 27.7 Å². The molecule has 2 aromatic rings. The lowest BCUT2D eigenvalue weighted by Crippen LogP contribution is -2.67. The Labute approximate surface area is 195 Å². The van der Waals surface area contributed by atoms with Gasteiger partial charge in [-0.25, -0.2) is 0 Å². The summed E-state index contributed by atoms with van der Waals surface area (Å²) in [5.74, 6) is 0. The summed E-state index contributed by atoms with van der Waals surface area (Å²) >= 11 is 0. The van der Waals surface area contributed by atoms with Gasteiger partial charge in [0.1, 0.15) is 0 Å². The monoisotopic (exact) mass is 452 g/mol. The van der Waals surface area contributed by atoms with Gasteiger partial charge in [0.2, 0.25) is 0 Å². The molecule has 1 aliphatic rings. The van der Waals surface area contributed by atoms with Crippen molar-refractivity contribution in [1.29, 1.82) is 0 Å². The maximum absolute atomic E-state index is 7.11. The van der Waals surface area contributed by atoms with Crippen LogP contribution in [0.3, 0.4) is 0 Å². The maximum Gasteiger partial charge on any atom is 0.261 e. The van der Waals surface area contributed by atoms with Crippen molar-refractivity contribution >= 4 is 18.7 Å². The van der Waals surface area contributed by atoms with Crippen LogP contribution in [0.25, 0.3) is 0 Å². The van der Waals surface area contributed by atoms with Crippen molar-refractivity contribution in [1.82, 2.24) is 0 Å². The van der Waals surface area contributed by atoms with E-state index in [1.165, 1.54) is 10.4 Å². The van der Waals surface area contributed by atoms with Gasteiger partial charge in [-0.1, -0.05) is 87.5 Å². The van der Waals surface area contributed by atoms with Gasteiger partial charge in [-0.2, -0.15) is 0 Å². The molecule has 4 heteroatoms. The Morgan fingerprint density at radius 1 is 1.00 bits per heavy atom. The third-order valence-electron chi connectivity index (χ3n) is 6.66. The lowest BCUT2D eigenvalue weighted by Gasteiger charge is -2.44. The molecule has 0 unspecified atom stereocenters. The van der Waals surface area contributed by atoms with Crippen LogP contribution in [0, 0.1) is 0 Å². The van der Waals surface area contributed by atoms with Crippen LogP contribution >= 0.6 is 0 Å². The minimum absolute atomic E-state index is 0.0250. The Morgan fingerprint density at radius 3 is 2.09 bits per heavy atom. The third kappa shape index (κ3) is 5.60. The number of hydrogen-bond donors (Lipinski definition) is 0. The van der Waals surface area contributed by atoms with E-state index in [-0.39, 0.29) is 23.4 Å². The van der Waals surface area contributed by atoms with Crippen LogP contribution in [-0.4, -0.2) is 40.3 Å². The predicted molar refractivity (Wildman–Crippen MR) is 136 cm³/mol. The highest BCUT2D eigenvalue weighted by molar-refractivity contribution is 6.99. The normalized spacial score (nSPS) is 21.9. The van der Waals surface area contributed by atoms with Gasteiger partial charge >= 0.3 is 0 Å². The highest BCUT2D eigenvalue weighted by Gasteiger charge is 2.50. The maximum atomic E-state index is 7.11. The van der Waals surface area contributed by atoms with E-state index in [9.17, 15) is 0 Å². The highest BCUT2D eigenvalue weighted by Crippen LogP contribution is 2.37. The van der Waals surface area contributed by atoms with Gasteiger partial charge in [-0.15, -0.1) is 6.58 Å². The fourth-order valence-corrected chi connectivity index (χ4v) is 9.62. The second kappa shape index (κ2) is 11.4. The molecule has 3 atom stereocenters. The van der Waals surface area contributed by atoms with Crippen molar-refractivity contribution < 1.29 is 13.9 Å². The molecular formula is C28H40O3Si. The third-order valence-corrected chi connectivity index (χ3v) is 11.7. The smallest absolute Gasteiger partial charge is 0.261 e. The number of ether oxygens (including phenoxy) is 2. The molecule has 0 bridgehead atoms. The SMILES string of the molecule is C=CCCC[C@H]1O[C@H](CO[Si](c2ccccc2)(c2ccccc2)C(C)(C)C)CC[C@H]1OC. The molecule has 0 aliphatic carbocycles. The van der Waals surface area contributed by atoms with Gasteiger partial charge in [0.15, 0.2) is 0 Å². The summed E-state index contributed by atoms with van der Waals surface area (Å²) in [6, 6.07) is 21.7.